The number of ether oxygens (including phenoxy) is 1. The van der Waals surface area contributed by atoms with Gasteiger partial charge in [0.2, 0.25) is 0 Å². The lowest BCUT2D eigenvalue weighted by atomic mass is 9.90. The van der Waals surface area contributed by atoms with Crippen molar-refractivity contribution in [2.45, 2.75) is 52.2 Å². The molecule has 0 saturated heterocycles. The lowest BCUT2D eigenvalue weighted by Gasteiger charge is -2.20. The molecule has 96 valence electrons. The van der Waals surface area contributed by atoms with Gasteiger partial charge in [0.1, 0.15) is 18.1 Å². The molecule has 1 aliphatic rings. The van der Waals surface area contributed by atoms with E-state index in [9.17, 15) is 0 Å². The Labute approximate surface area is 103 Å². The molecule has 0 amide bonds. The van der Waals surface area contributed by atoms with Crippen molar-refractivity contribution in [3.05, 3.63) is 23.2 Å². The summed E-state index contributed by atoms with van der Waals surface area (Å²) >= 11 is 0. The number of furan rings is 1. The summed E-state index contributed by atoms with van der Waals surface area (Å²) in [6.45, 7) is 3.94. The molecule has 1 fully saturated rings. The molecule has 3 heteroatoms. The first-order valence-electron chi connectivity index (χ1n) is 6.65. The molecule has 2 rings (SSSR count). The van der Waals surface area contributed by atoms with Gasteiger partial charge in [-0.2, -0.15) is 0 Å². The zero-order valence-corrected chi connectivity index (χ0v) is 10.7. The zero-order chi connectivity index (χ0) is 12.1. The summed E-state index contributed by atoms with van der Waals surface area (Å²) in [4.78, 5) is 0. The molecule has 0 bridgehead atoms. The monoisotopic (exact) mass is 237 g/mol. The molecule has 0 aliphatic heterocycles. The Balaban J connectivity index is 1.73. The van der Waals surface area contributed by atoms with Gasteiger partial charge < -0.3 is 14.9 Å². The van der Waals surface area contributed by atoms with Crippen molar-refractivity contribution < 1.29 is 9.15 Å². The third kappa shape index (κ3) is 3.58. The Bertz CT molecular complexity index is 340. The Morgan fingerprint density at radius 2 is 2.12 bits per heavy atom. The van der Waals surface area contributed by atoms with Gasteiger partial charge >= 0.3 is 0 Å². The minimum atomic E-state index is 0.540. The van der Waals surface area contributed by atoms with Crippen LogP contribution in [0.25, 0.3) is 0 Å². The molecule has 1 aromatic heterocycles. The van der Waals surface area contributed by atoms with Crippen molar-refractivity contribution in [2.75, 3.05) is 6.61 Å². The molecular formula is C14H23NO2. The number of rotatable bonds is 5. The lowest BCUT2D eigenvalue weighted by Crippen LogP contribution is -2.13. The van der Waals surface area contributed by atoms with Gasteiger partial charge in [0.15, 0.2) is 0 Å². The molecule has 1 aliphatic carbocycles. The van der Waals surface area contributed by atoms with Crippen molar-refractivity contribution >= 4 is 0 Å². The molecule has 0 spiro atoms. The first-order chi connectivity index (χ1) is 8.29. The number of hydrogen-bond donors (Lipinski definition) is 1. The second-order valence-electron chi connectivity index (χ2n) is 5.02. The number of aryl methyl sites for hydroxylation is 1. The predicted molar refractivity (Wildman–Crippen MR) is 67.6 cm³/mol. The van der Waals surface area contributed by atoms with Crippen molar-refractivity contribution in [1.82, 2.24) is 0 Å². The van der Waals surface area contributed by atoms with Crippen LogP contribution in [0.2, 0.25) is 0 Å². The van der Waals surface area contributed by atoms with Crippen molar-refractivity contribution in [3.63, 3.8) is 0 Å². The van der Waals surface area contributed by atoms with Crippen LogP contribution >= 0.6 is 0 Å². The van der Waals surface area contributed by atoms with Crippen LogP contribution in [-0.4, -0.2) is 6.61 Å². The van der Waals surface area contributed by atoms with E-state index in [1.54, 1.807) is 0 Å². The second kappa shape index (κ2) is 6.22. The summed E-state index contributed by atoms with van der Waals surface area (Å²) in [5, 5.41) is 0. The quantitative estimate of drug-likeness (QED) is 0.855. The maximum absolute atomic E-state index is 5.74. The third-order valence-electron chi connectivity index (χ3n) is 3.61. The largest absolute Gasteiger partial charge is 0.464 e. The maximum atomic E-state index is 5.74. The molecule has 0 aromatic carbocycles. The van der Waals surface area contributed by atoms with Gasteiger partial charge in [0.25, 0.3) is 0 Å². The fourth-order valence-electron chi connectivity index (χ4n) is 2.54. The average Bonchev–Trinajstić information content (AvgIpc) is 2.71. The van der Waals surface area contributed by atoms with Crippen molar-refractivity contribution in [3.8, 4) is 0 Å². The van der Waals surface area contributed by atoms with Gasteiger partial charge in [0.05, 0.1) is 0 Å². The number of nitrogens with two attached hydrogens (primary N) is 1. The summed E-state index contributed by atoms with van der Waals surface area (Å²) in [6, 6.07) is 2.01. The molecule has 0 atom stereocenters. The Morgan fingerprint density at radius 1 is 1.35 bits per heavy atom. The van der Waals surface area contributed by atoms with Gasteiger partial charge in [-0.05, 0) is 31.7 Å². The van der Waals surface area contributed by atoms with Gasteiger partial charge in [-0.15, -0.1) is 0 Å². The van der Waals surface area contributed by atoms with Crippen molar-refractivity contribution in [2.24, 2.45) is 11.7 Å². The topological polar surface area (TPSA) is 48.4 Å². The van der Waals surface area contributed by atoms with Gasteiger partial charge in [-0.1, -0.05) is 19.3 Å². The first-order valence-corrected chi connectivity index (χ1v) is 6.65. The minimum absolute atomic E-state index is 0.540. The van der Waals surface area contributed by atoms with Crippen LogP contribution < -0.4 is 5.73 Å². The predicted octanol–water partition coefficient (Wildman–Crippen LogP) is 3.14. The van der Waals surface area contributed by atoms with Crippen LogP contribution in [0, 0.1) is 12.8 Å². The van der Waals surface area contributed by atoms with Crippen LogP contribution in [0.3, 0.4) is 0 Å². The molecule has 0 unspecified atom stereocenters. The lowest BCUT2D eigenvalue weighted by molar-refractivity contribution is 0.0634. The Morgan fingerprint density at radius 3 is 2.76 bits per heavy atom. The number of hydrogen-bond acceptors (Lipinski definition) is 3. The highest BCUT2D eigenvalue weighted by molar-refractivity contribution is 5.19. The molecule has 0 radical (unpaired) electrons. The smallest absolute Gasteiger partial charge is 0.130 e. The molecule has 1 aromatic rings. The van der Waals surface area contributed by atoms with Crippen LogP contribution in [-0.2, 0) is 17.9 Å². The molecule has 1 heterocycles. The fraction of sp³-hybridized carbons (Fsp3) is 0.714. The van der Waals surface area contributed by atoms with E-state index in [0.29, 0.717) is 13.2 Å². The van der Waals surface area contributed by atoms with E-state index in [1.165, 1.54) is 32.1 Å². The van der Waals surface area contributed by atoms with E-state index in [1.807, 2.05) is 13.0 Å². The third-order valence-corrected chi connectivity index (χ3v) is 3.61. The molecule has 3 nitrogen and oxygen atoms in total. The summed E-state index contributed by atoms with van der Waals surface area (Å²) in [7, 11) is 0. The van der Waals surface area contributed by atoms with Crippen LogP contribution in [0.5, 0.6) is 0 Å². The van der Waals surface area contributed by atoms with Crippen LogP contribution in [0.1, 0.15) is 49.2 Å². The highest BCUT2D eigenvalue weighted by Crippen LogP contribution is 2.24. The van der Waals surface area contributed by atoms with E-state index in [4.69, 9.17) is 14.9 Å². The van der Waals surface area contributed by atoms with Gasteiger partial charge in [-0.25, -0.2) is 0 Å². The molecular weight excluding hydrogens is 214 g/mol. The molecule has 1 saturated carbocycles. The normalized spacial score (nSPS) is 17.5. The Kier molecular flexibility index (Phi) is 4.63. The summed E-state index contributed by atoms with van der Waals surface area (Å²) < 4.78 is 11.3. The van der Waals surface area contributed by atoms with Crippen molar-refractivity contribution in [1.29, 1.82) is 0 Å². The SMILES string of the molecule is Cc1oc(COCC2CCCCC2)cc1CN. The molecule has 17 heavy (non-hydrogen) atoms. The first kappa shape index (κ1) is 12.7. The summed E-state index contributed by atoms with van der Waals surface area (Å²) in [5.74, 6) is 2.58. The minimum Gasteiger partial charge on any atom is -0.464 e. The highest BCUT2D eigenvalue weighted by atomic mass is 16.5. The second-order valence-corrected chi connectivity index (χ2v) is 5.02. The van der Waals surface area contributed by atoms with Gasteiger partial charge in [-0.3, -0.25) is 0 Å². The van der Waals surface area contributed by atoms with E-state index >= 15 is 0 Å². The maximum Gasteiger partial charge on any atom is 0.130 e. The fourth-order valence-corrected chi connectivity index (χ4v) is 2.54. The average molecular weight is 237 g/mol. The van der Waals surface area contributed by atoms with E-state index in [2.05, 4.69) is 0 Å². The van der Waals surface area contributed by atoms with E-state index < -0.39 is 0 Å². The standard InChI is InChI=1S/C14H23NO2/c1-11-13(8-15)7-14(17-11)10-16-9-12-5-3-2-4-6-12/h7,12H,2-6,8-10,15H2,1H3. The van der Waals surface area contributed by atoms with E-state index in [0.717, 1.165) is 29.6 Å². The van der Waals surface area contributed by atoms with Crippen LogP contribution in [0.15, 0.2) is 10.5 Å². The highest BCUT2D eigenvalue weighted by Gasteiger charge is 2.14. The summed E-state index contributed by atoms with van der Waals surface area (Å²) in [5.41, 5.74) is 6.69. The Hall–Kier alpha value is -0.800. The molecule has 2 N–H and O–H groups in total. The zero-order valence-electron chi connectivity index (χ0n) is 10.7. The summed E-state index contributed by atoms with van der Waals surface area (Å²) in [6.07, 6.45) is 6.78. The van der Waals surface area contributed by atoms with E-state index in [-0.39, 0.29) is 0 Å². The van der Waals surface area contributed by atoms with Crippen LogP contribution in [0.4, 0.5) is 0 Å². The van der Waals surface area contributed by atoms with Gasteiger partial charge in [0, 0.05) is 18.7 Å².